The quantitative estimate of drug-likeness (QED) is 0.500. The van der Waals surface area contributed by atoms with Crippen LogP contribution < -0.4 is 14.8 Å². The van der Waals surface area contributed by atoms with Crippen LogP contribution in [0.4, 0.5) is 15.9 Å². The number of ether oxygens (including phenoxy) is 3. The zero-order chi connectivity index (χ0) is 22.3. The van der Waals surface area contributed by atoms with Crippen molar-refractivity contribution in [3.05, 3.63) is 59.7 Å². The Balaban J connectivity index is 1.48. The van der Waals surface area contributed by atoms with E-state index in [9.17, 15) is 4.39 Å². The van der Waals surface area contributed by atoms with Crippen LogP contribution in [-0.2, 0) is 4.74 Å². The van der Waals surface area contributed by atoms with Crippen LogP contribution in [-0.4, -0.2) is 61.4 Å². The number of aromatic nitrogens is 2. The minimum atomic E-state index is -0.472. The molecule has 0 atom stereocenters. The van der Waals surface area contributed by atoms with Gasteiger partial charge in [-0.2, -0.15) is 0 Å². The molecule has 32 heavy (non-hydrogen) atoms. The SMILES string of the molecule is COc1cc2c(Nc3ccc(Cl)cc3F)ncnc2cc1OC/C=C/CN1CCOCC1. The third kappa shape index (κ3) is 5.45. The van der Waals surface area contributed by atoms with Gasteiger partial charge in [0.25, 0.3) is 0 Å². The Hall–Kier alpha value is -2.94. The van der Waals surface area contributed by atoms with Crippen LogP contribution in [0.3, 0.4) is 0 Å². The van der Waals surface area contributed by atoms with Crippen molar-refractivity contribution in [3.63, 3.8) is 0 Å². The predicted octanol–water partition coefficient (Wildman–Crippen LogP) is 4.44. The first-order chi connectivity index (χ1) is 15.6. The average Bonchev–Trinajstić information content (AvgIpc) is 2.81. The lowest BCUT2D eigenvalue weighted by Gasteiger charge is -2.25. The normalized spacial score (nSPS) is 14.7. The summed E-state index contributed by atoms with van der Waals surface area (Å²) in [6.07, 6.45) is 5.48. The maximum atomic E-state index is 14.2. The molecule has 2 aromatic carbocycles. The minimum Gasteiger partial charge on any atom is -0.493 e. The van der Waals surface area contributed by atoms with Crippen LogP contribution in [0.2, 0.25) is 5.02 Å². The fourth-order valence-electron chi connectivity index (χ4n) is 3.37. The summed E-state index contributed by atoms with van der Waals surface area (Å²) in [5.41, 5.74) is 0.907. The molecule has 1 fully saturated rings. The molecule has 0 unspecified atom stereocenters. The molecule has 3 aromatic rings. The second kappa shape index (κ2) is 10.6. The second-order valence-electron chi connectivity index (χ2n) is 7.19. The molecular weight excluding hydrogens is 435 g/mol. The monoisotopic (exact) mass is 458 g/mol. The Morgan fingerprint density at radius 2 is 2.00 bits per heavy atom. The molecule has 0 aliphatic carbocycles. The first-order valence-electron chi connectivity index (χ1n) is 10.3. The number of morpholine rings is 1. The number of methoxy groups -OCH3 is 1. The van der Waals surface area contributed by atoms with Crippen molar-refractivity contribution in [3.8, 4) is 11.5 Å². The number of fused-ring (bicyclic) bond motifs is 1. The average molecular weight is 459 g/mol. The molecular formula is C23H24ClFN4O3. The summed E-state index contributed by atoms with van der Waals surface area (Å²) in [4.78, 5) is 10.9. The second-order valence-corrected chi connectivity index (χ2v) is 7.62. The molecule has 168 valence electrons. The number of benzene rings is 2. The van der Waals surface area contributed by atoms with Crippen molar-refractivity contribution in [2.24, 2.45) is 0 Å². The number of hydrogen-bond donors (Lipinski definition) is 1. The summed E-state index contributed by atoms with van der Waals surface area (Å²) in [7, 11) is 1.57. The van der Waals surface area contributed by atoms with Gasteiger partial charge in [0.05, 0.1) is 31.5 Å². The van der Waals surface area contributed by atoms with Gasteiger partial charge in [0, 0.05) is 36.1 Å². The molecule has 1 N–H and O–H groups in total. The summed E-state index contributed by atoms with van der Waals surface area (Å²) >= 11 is 5.84. The summed E-state index contributed by atoms with van der Waals surface area (Å²) in [6, 6.07) is 7.97. The third-order valence-corrected chi connectivity index (χ3v) is 5.31. The number of halogens is 2. The fourth-order valence-corrected chi connectivity index (χ4v) is 3.53. The number of rotatable bonds is 8. The lowest BCUT2D eigenvalue weighted by molar-refractivity contribution is 0.0434. The lowest BCUT2D eigenvalue weighted by atomic mass is 10.2. The first kappa shape index (κ1) is 22.3. The molecule has 2 heterocycles. The van der Waals surface area contributed by atoms with Crippen molar-refractivity contribution >= 4 is 34.0 Å². The van der Waals surface area contributed by atoms with Gasteiger partial charge in [-0.1, -0.05) is 23.8 Å². The molecule has 0 radical (unpaired) electrons. The Morgan fingerprint density at radius 3 is 2.78 bits per heavy atom. The first-order valence-corrected chi connectivity index (χ1v) is 10.6. The van der Waals surface area contributed by atoms with Gasteiger partial charge < -0.3 is 19.5 Å². The Kier molecular flexibility index (Phi) is 7.36. The molecule has 9 heteroatoms. The van der Waals surface area contributed by atoms with Crippen LogP contribution >= 0.6 is 11.6 Å². The van der Waals surface area contributed by atoms with E-state index >= 15 is 0 Å². The van der Waals surface area contributed by atoms with Gasteiger partial charge in [-0.25, -0.2) is 14.4 Å². The van der Waals surface area contributed by atoms with E-state index in [-0.39, 0.29) is 5.69 Å². The van der Waals surface area contributed by atoms with Gasteiger partial charge in [0.15, 0.2) is 11.5 Å². The molecule has 0 spiro atoms. The van der Waals surface area contributed by atoms with E-state index in [1.165, 1.54) is 12.4 Å². The summed E-state index contributed by atoms with van der Waals surface area (Å²) in [6.45, 7) is 4.72. The number of nitrogens with zero attached hydrogens (tertiary/aromatic N) is 3. The van der Waals surface area contributed by atoms with Gasteiger partial charge in [-0.3, -0.25) is 4.90 Å². The molecule has 1 saturated heterocycles. The fraction of sp³-hybridized carbons (Fsp3) is 0.304. The maximum absolute atomic E-state index is 14.2. The molecule has 0 bridgehead atoms. The zero-order valence-corrected chi connectivity index (χ0v) is 18.4. The molecule has 7 nitrogen and oxygen atoms in total. The highest BCUT2D eigenvalue weighted by Gasteiger charge is 2.13. The van der Waals surface area contributed by atoms with Gasteiger partial charge in [0.2, 0.25) is 0 Å². The number of nitrogens with one attached hydrogen (secondary N) is 1. The summed E-state index contributed by atoms with van der Waals surface area (Å²) in [5, 5.41) is 4.00. The number of hydrogen-bond acceptors (Lipinski definition) is 7. The Morgan fingerprint density at radius 1 is 1.16 bits per heavy atom. The van der Waals surface area contributed by atoms with Crippen molar-refractivity contribution in [2.45, 2.75) is 0 Å². The van der Waals surface area contributed by atoms with E-state index in [0.29, 0.717) is 39.8 Å². The van der Waals surface area contributed by atoms with Crippen molar-refractivity contribution in [1.29, 1.82) is 0 Å². The number of anilines is 2. The maximum Gasteiger partial charge on any atom is 0.163 e. The van der Waals surface area contributed by atoms with Gasteiger partial charge in [-0.15, -0.1) is 0 Å². The highest BCUT2D eigenvalue weighted by atomic mass is 35.5. The van der Waals surface area contributed by atoms with Crippen molar-refractivity contribution in [2.75, 3.05) is 51.9 Å². The van der Waals surface area contributed by atoms with E-state index in [2.05, 4.69) is 26.3 Å². The molecule has 1 aliphatic heterocycles. The molecule has 0 saturated carbocycles. The van der Waals surface area contributed by atoms with E-state index < -0.39 is 5.82 Å². The van der Waals surface area contributed by atoms with Gasteiger partial charge in [-0.05, 0) is 24.3 Å². The van der Waals surface area contributed by atoms with Crippen molar-refractivity contribution < 1.29 is 18.6 Å². The van der Waals surface area contributed by atoms with Gasteiger partial charge >= 0.3 is 0 Å². The largest absolute Gasteiger partial charge is 0.493 e. The van der Waals surface area contributed by atoms with Crippen LogP contribution in [0.15, 0.2) is 48.8 Å². The Bertz CT molecular complexity index is 1110. The van der Waals surface area contributed by atoms with Crippen LogP contribution in [0, 0.1) is 5.82 Å². The standard InChI is InChI=1S/C23H24ClFN4O3/c1-30-21-13-17-20(14-22(21)32-9-3-2-6-29-7-10-31-11-8-29)26-15-27-23(17)28-19-5-4-16(24)12-18(19)25/h2-5,12-15H,6-11H2,1H3,(H,26,27,28)/b3-2+. The molecule has 0 amide bonds. The van der Waals surface area contributed by atoms with E-state index in [4.69, 9.17) is 25.8 Å². The molecule has 1 aromatic heterocycles. The third-order valence-electron chi connectivity index (χ3n) is 5.07. The summed E-state index contributed by atoms with van der Waals surface area (Å²) in [5.74, 6) is 1.08. The summed E-state index contributed by atoms with van der Waals surface area (Å²) < 4.78 is 31.0. The molecule has 1 aliphatic rings. The van der Waals surface area contributed by atoms with Crippen molar-refractivity contribution in [1.82, 2.24) is 14.9 Å². The van der Waals surface area contributed by atoms with E-state index in [1.807, 2.05) is 6.08 Å². The van der Waals surface area contributed by atoms with Gasteiger partial charge in [0.1, 0.15) is 24.6 Å². The highest BCUT2D eigenvalue weighted by molar-refractivity contribution is 6.30. The van der Waals surface area contributed by atoms with E-state index in [0.717, 1.165) is 32.8 Å². The molecule has 4 rings (SSSR count). The zero-order valence-electron chi connectivity index (χ0n) is 17.7. The highest BCUT2D eigenvalue weighted by Crippen LogP contribution is 2.35. The van der Waals surface area contributed by atoms with E-state index in [1.54, 1.807) is 31.4 Å². The predicted molar refractivity (Wildman–Crippen MR) is 123 cm³/mol. The minimum absolute atomic E-state index is 0.263. The van der Waals surface area contributed by atoms with Crippen LogP contribution in [0.1, 0.15) is 0 Å². The topological polar surface area (TPSA) is 68.7 Å². The lowest BCUT2D eigenvalue weighted by Crippen LogP contribution is -2.36. The van der Waals surface area contributed by atoms with Crippen LogP contribution in [0.5, 0.6) is 11.5 Å². The smallest absolute Gasteiger partial charge is 0.163 e. The Labute approximate surface area is 190 Å². The van der Waals surface area contributed by atoms with Crippen LogP contribution in [0.25, 0.3) is 10.9 Å².